The van der Waals surface area contributed by atoms with Crippen molar-refractivity contribution in [3.63, 3.8) is 0 Å². The lowest BCUT2D eigenvalue weighted by Crippen LogP contribution is -2.07. The third-order valence-corrected chi connectivity index (χ3v) is 3.61. The maximum Gasteiger partial charge on any atom is 0.294 e. The minimum absolute atomic E-state index is 0.0666. The van der Waals surface area contributed by atoms with Crippen molar-refractivity contribution in [3.05, 3.63) is 29.8 Å². The fourth-order valence-corrected chi connectivity index (χ4v) is 1.40. The van der Waals surface area contributed by atoms with Crippen LogP contribution in [0.5, 0.6) is 0 Å². The Balaban J connectivity index is 0.000000360. The highest BCUT2D eigenvalue weighted by molar-refractivity contribution is 7.85. The number of benzene rings is 1. The largest absolute Gasteiger partial charge is 0.396 e. The molecule has 0 bridgehead atoms. The van der Waals surface area contributed by atoms with E-state index in [4.69, 9.17) is 9.66 Å². The molecule has 0 amide bonds. The van der Waals surface area contributed by atoms with E-state index in [-0.39, 0.29) is 4.90 Å². The molecular formula is C13H22O4S. The summed E-state index contributed by atoms with van der Waals surface area (Å²) in [5.74, 6) is 1.07. The normalized spacial score (nSPS) is 12.8. The van der Waals surface area contributed by atoms with Crippen molar-refractivity contribution in [2.75, 3.05) is 6.61 Å². The molecule has 1 aromatic carbocycles. The summed E-state index contributed by atoms with van der Waals surface area (Å²) >= 11 is 0. The van der Waals surface area contributed by atoms with Crippen molar-refractivity contribution in [1.82, 2.24) is 0 Å². The second-order valence-corrected chi connectivity index (χ2v) is 6.11. The first-order valence-electron chi connectivity index (χ1n) is 5.83. The summed E-state index contributed by atoms with van der Waals surface area (Å²) in [4.78, 5) is -0.0666. The molecule has 0 aliphatic heterocycles. The molecule has 1 atom stereocenters. The van der Waals surface area contributed by atoms with E-state index in [9.17, 15) is 8.42 Å². The lowest BCUT2D eigenvalue weighted by molar-refractivity contribution is 0.203. The van der Waals surface area contributed by atoms with Crippen LogP contribution in [0.1, 0.15) is 26.3 Å². The summed E-state index contributed by atoms with van der Waals surface area (Å²) in [7, 11) is -4.02. The van der Waals surface area contributed by atoms with Crippen molar-refractivity contribution in [2.24, 2.45) is 11.8 Å². The third-order valence-electron chi connectivity index (χ3n) is 2.74. The van der Waals surface area contributed by atoms with Gasteiger partial charge in [0.15, 0.2) is 0 Å². The molecule has 0 heterocycles. The zero-order valence-electron chi connectivity index (χ0n) is 11.3. The molecule has 0 spiro atoms. The zero-order chi connectivity index (χ0) is 14.3. The second-order valence-electron chi connectivity index (χ2n) is 4.69. The molecule has 5 heteroatoms. The lowest BCUT2D eigenvalue weighted by Gasteiger charge is -2.09. The van der Waals surface area contributed by atoms with E-state index in [1.54, 1.807) is 12.1 Å². The molecule has 104 valence electrons. The quantitative estimate of drug-likeness (QED) is 0.830. The van der Waals surface area contributed by atoms with E-state index >= 15 is 0 Å². The van der Waals surface area contributed by atoms with Gasteiger partial charge in [-0.3, -0.25) is 4.55 Å². The third kappa shape index (κ3) is 6.74. The zero-order valence-corrected chi connectivity index (χ0v) is 12.1. The molecule has 1 aromatic rings. The predicted molar refractivity (Wildman–Crippen MR) is 72.1 cm³/mol. The molecule has 2 N–H and O–H groups in total. The van der Waals surface area contributed by atoms with Crippen LogP contribution in [0.15, 0.2) is 29.2 Å². The molecule has 0 aliphatic carbocycles. The molecule has 0 aromatic heterocycles. The van der Waals surface area contributed by atoms with Gasteiger partial charge in [-0.2, -0.15) is 8.42 Å². The van der Waals surface area contributed by atoms with Crippen LogP contribution >= 0.6 is 0 Å². The molecular weight excluding hydrogens is 252 g/mol. The summed E-state index contributed by atoms with van der Waals surface area (Å²) in [6, 6.07) is 5.99. The number of rotatable bonds is 3. The second kappa shape index (κ2) is 7.51. The monoisotopic (exact) mass is 274 g/mol. The van der Waals surface area contributed by atoms with E-state index < -0.39 is 10.1 Å². The minimum Gasteiger partial charge on any atom is -0.396 e. The molecule has 0 saturated carbocycles. The maximum atomic E-state index is 10.5. The first-order chi connectivity index (χ1) is 8.18. The van der Waals surface area contributed by atoms with Crippen molar-refractivity contribution in [2.45, 2.75) is 32.6 Å². The number of hydrogen-bond donors (Lipinski definition) is 2. The first kappa shape index (κ1) is 17.1. The SMILES string of the molecule is CC(C)[C@H](C)CO.Cc1ccc(S(=O)(=O)O)cc1. The van der Waals surface area contributed by atoms with E-state index in [2.05, 4.69) is 13.8 Å². The molecule has 1 rings (SSSR count). The van der Waals surface area contributed by atoms with Gasteiger partial charge >= 0.3 is 0 Å². The summed E-state index contributed by atoms with van der Waals surface area (Å²) in [6.45, 7) is 8.43. The smallest absolute Gasteiger partial charge is 0.294 e. The number of hydrogen-bond acceptors (Lipinski definition) is 3. The van der Waals surface area contributed by atoms with Gasteiger partial charge in [-0.05, 0) is 30.9 Å². The van der Waals surface area contributed by atoms with Crippen LogP contribution in [0.4, 0.5) is 0 Å². The highest BCUT2D eigenvalue weighted by atomic mass is 32.2. The van der Waals surface area contributed by atoms with E-state index in [0.29, 0.717) is 18.4 Å². The van der Waals surface area contributed by atoms with Gasteiger partial charge in [0.05, 0.1) is 4.90 Å². The molecule has 4 nitrogen and oxygen atoms in total. The number of aliphatic hydroxyl groups is 1. The van der Waals surface area contributed by atoms with Gasteiger partial charge in [0.1, 0.15) is 0 Å². The summed E-state index contributed by atoms with van der Waals surface area (Å²) < 4.78 is 29.6. The Morgan fingerprint density at radius 2 is 1.56 bits per heavy atom. The Labute approximate surface area is 109 Å². The molecule has 0 aliphatic rings. The van der Waals surface area contributed by atoms with Gasteiger partial charge in [-0.1, -0.05) is 38.5 Å². The number of aliphatic hydroxyl groups excluding tert-OH is 1. The van der Waals surface area contributed by atoms with Crippen LogP contribution in [0.3, 0.4) is 0 Å². The van der Waals surface area contributed by atoms with Crippen molar-refractivity contribution in [1.29, 1.82) is 0 Å². The Morgan fingerprint density at radius 1 is 1.11 bits per heavy atom. The number of aryl methyl sites for hydroxylation is 1. The lowest BCUT2D eigenvalue weighted by atomic mass is 10.00. The van der Waals surface area contributed by atoms with E-state index in [0.717, 1.165) is 5.56 Å². The highest BCUT2D eigenvalue weighted by Gasteiger charge is 2.06. The Morgan fingerprint density at radius 3 is 1.78 bits per heavy atom. The average molecular weight is 274 g/mol. The van der Waals surface area contributed by atoms with E-state index in [1.807, 2.05) is 13.8 Å². The van der Waals surface area contributed by atoms with E-state index in [1.165, 1.54) is 12.1 Å². The minimum atomic E-state index is -4.02. The van der Waals surface area contributed by atoms with Crippen molar-refractivity contribution >= 4 is 10.1 Å². The van der Waals surface area contributed by atoms with Gasteiger partial charge in [-0.15, -0.1) is 0 Å². The maximum absolute atomic E-state index is 10.5. The van der Waals surface area contributed by atoms with Crippen molar-refractivity contribution in [3.8, 4) is 0 Å². The molecule has 0 unspecified atom stereocenters. The van der Waals surface area contributed by atoms with Gasteiger partial charge < -0.3 is 5.11 Å². The molecule has 0 radical (unpaired) electrons. The van der Waals surface area contributed by atoms with Crippen LogP contribution in [0.2, 0.25) is 0 Å². The van der Waals surface area contributed by atoms with Crippen LogP contribution in [-0.4, -0.2) is 24.7 Å². The fraction of sp³-hybridized carbons (Fsp3) is 0.538. The van der Waals surface area contributed by atoms with Crippen LogP contribution < -0.4 is 0 Å². The topological polar surface area (TPSA) is 74.6 Å². The van der Waals surface area contributed by atoms with Crippen molar-refractivity contribution < 1.29 is 18.1 Å². The van der Waals surface area contributed by atoms with Gasteiger partial charge in [0.25, 0.3) is 10.1 Å². The van der Waals surface area contributed by atoms with Crippen LogP contribution in [-0.2, 0) is 10.1 Å². The summed E-state index contributed by atoms with van der Waals surface area (Å²) in [5.41, 5.74) is 0.956. The van der Waals surface area contributed by atoms with Gasteiger partial charge in [0, 0.05) is 6.61 Å². The summed E-state index contributed by atoms with van der Waals surface area (Å²) in [5, 5.41) is 8.51. The van der Waals surface area contributed by atoms with Gasteiger partial charge in [0.2, 0.25) is 0 Å². The predicted octanol–water partition coefficient (Wildman–Crippen LogP) is 2.51. The molecule has 18 heavy (non-hydrogen) atoms. The average Bonchev–Trinajstić information content (AvgIpc) is 2.28. The molecule has 0 saturated heterocycles. The highest BCUT2D eigenvalue weighted by Crippen LogP contribution is 2.08. The van der Waals surface area contributed by atoms with Crippen LogP contribution in [0, 0.1) is 18.8 Å². The standard InChI is InChI=1S/C7H8O3S.C6H14O/c1-6-2-4-7(5-3-6)11(8,9)10;1-5(2)6(3)4-7/h2-5H,1H3,(H,8,9,10);5-7H,4H2,1-3H3/t;6-/m.1/s1. The Bertz CT molecular complexity index is 435. The van der Waals surface area contributed by atoms with Gasteiger partial charge in [-0.25, -0.2) is 0 Å². The Hall–Kier alpha value is -0.910. The molecule has 0 fully saturated rings. The fourth-order valence-electron chi connectivity index (χ4n) is 0.921. The first-order valence-corrected chi connectivity index (χ1v) is 7.27. The summed E-state index contributed by atoms with van der Waals surface area (Å²) in [6.07, 6.45) is 0. The Kier molecular flexibility index (Phi) is 7.13. The van der Waals surface area contributed by atoms with Crippen LogP contribution in [0.25, 0.3) is 0 Å².